The van der Waals surface area contributed by atoms with Crippen LogP contribution in [0.2, 0.25) is 0 Å². The maximum atomic E-state index is 12.8. The van der Waals surface area contributed by atoms with E-state index < -0.39 is 11.6 Å². The van der Waals surface area contributed by atoms with Gasteiger partial charge in [-0.25, -0.2) is 9.59 Å². The molecule has 8 rings (SSSR count). The first-order chi connectivity index (χ1) is 28.7. The average Bonchev–Trinajstić information content (AvgIpc) is 3.21. The fraction of sp³-hybridized carbons (Fsp3) is 0.160. The van der Waals surface area contributed by atoms with Crippen LogP contribution in [0.5, 0.6) is 0 Å². The van der Waals surface area contributed by atoms with Gasteiger partial charge in [-0.05, 0) is 120 Å². The average molecular weight is 795 g/mol. The molecule has 8 aromatic rings. The molecule has 0 aliphatic carbocycles. The molecule has 0 radical (unpaired) electrons. The molecule has 4 aromatic heterocycles. The fourth-order valence-electron chi connectivity index (χ4n) is 6.99. The van der Waals surface area contributed by atoms with E-state index in [2.05, 4.69) is 37.7 Å². The van der Waals surface area contributed by atoms with Crippen LogP contribution in [0.25, 0.3) is 44.3 Å². The van der Waals surface area contributed by atoms with Gasteiger partial charge >= 0.3 is 11.9 Å². The van der Waals surface area contributed by atoms with Crippen molar-refractivity contribution in [2.24, 2.45) is 0 Å². The first-order valence-electron chi connectivity index (χ1n) is 19.6. The SMILES string of the molecule is Cc1ccc(Nc2cnc(-c3cccc4ncccc34)c(C)c2)c(C(=O)O)c1.Cc1ccc(Nc2cnc(-c3cccc4ncccc34)c(C)c2)c(C(=O)OC(C)(C)C)c1. The zero-order chi connectivity index (χ0) is 42.6. The number of rotatable bonds is 8. The number of hydrogen-bond acceptors (Lipinski definition) is 9. The number of aryl methyl sites for hydroxylation is 4. The lowest BCUT2D eigenvalue weighted by Gasteiger charge is -2.21. The normalized spacial score (nSPS) is 11.1. The van der Waals surface area contributed by atoms with Crippen molar-refractivity contribution in [2.75, 3.05) is 10.6 Å². The van der Waals surface area contributed by atoms with E-state index in [0.29, 0.717) is 16.9 Å². The summed E-state index contributed by atoms with van der Waals surface area (Å²) in [5, 5.41) is 18.1. The third kappa shape index (κ3) is 9.29. The molecular weight excluding hydrogens is 749 g/mol. The van der Waals surface area contributed by atoms with E-state index in [1.807, 2.05) is 133 Å². The van der Waals surface area contributed by atoms with Crippen molar-refractivity contribution in [2.45, 2.75) is 54.1 Å². The van der Waals surface area contributed by atoms with Gasteiger partial charge in [0, 0.05) is 34.3 Å². The molecule has 0 unspecified atom stereocenters. The van der Waals surface area contributed by atoms with Gasteiger partial charge < -0.3 is 20.5 Å². The summed E-state index contributed by atoms with van der Waals surface area (Å²) < 4.78 is 5.60. The molecule has 300 valence electrons. The number of aromatic nitrogens is 4. The van der Waals surface area contributed by atoms with Crippen molar-refractivity contribution in [3.8, 4) is 22.5 Å². The molecule has 0 aliphatic heterocycles. The third-order valence-corrected chi connectivity index (χ3v) is 9.72. The highest BCUT2D eigenvalue weighted by Crippen LogP contribution is 2.33. The van der Waals surface area contributed by atoms with E-state index in [1.54, 1.807) is 36.9 Å². The van der Waals surface area contributed by atoms with Crippen LogP contribution < -0.4 is 10.6 Å². The van der Waals surface area contributed by atoms with Gasteiger partial charge in [-0.1, -0.05) is 59.7 Å². The number of aromatic carboxylic acids is 1. The van der Waals surface area contributed by atoms with E-state index in [1.165, 1.54) is 0 Å². The lowest BCUT2D eigenvalue weighted by Crippen LogP contribution is -2.24. The van der Waals surface area contributed by atoms with Gasteiger partial charge in [0.1, 0.15) is 5.60 Å². The number of pyridine rings is 4. The predicted octanol–water partition coefficient (Wildman–Crippen LogP) is 12.0. The number of carbonyl (C=O) groups excluding carboxylic acids is 1. The van der Waals surface area contributed by atoms with Crippen LogP contribution >= 0.6 is 0 Å². The van der Waals surface area contributed by atoms with Gasteiger partial charge in [-0.2, -0.15) is 0 Å². The zero-order valence-corrected chi connectivity index (χ0v) is 34.7. The Balaban J connectivity index is 0.000000183. The highest BCUT2D eigenvalue weighted by Gasteiger charge is 2.21. The molecule has 10 heteroatoms. The molecule has 0 aliphatic rings. The molecule has 60 heavy (non-hydrogen) atoms. The number of esters is 1. The number of fused-ring (bicyclic) bond motifs is 2. The van der Waals surface area contributed by atoms with Crippen molar-refractivity contribution in [1.82, 2.24) is 19.9 Å². The summed E-state index contributed by atoms with van der Waals surface area (Å²) in [6, 6.07) is 35.0. The lowest BCUT2D eigenvalue weighted by molar-refractivity contribution is 0.00703. The summed E-state index contributed by atoms with van der Waals surface area (Å²) in [6.07, 6.45) is 7.09. The Hall–Kier alpha value is -7.46. The summed E-state index contributed by atoms with van der Waals surface area (Å²) in [6.45, 7) is 13.4. The number of carboxylic acid groups (broad SMARTS) is 1. The van der Waals surface area contributed by atoms with E-state index >= 15 is 0 Å². The quantitative estimate of drug-likeness (QED) is 0.127. The first kappa shape index (κ1) is 40.7. The molecule has 0 saturated heterocycles. The Morgan fingerprint density at radius 2 is 1.03 bits per heavy atom. The largest absolute Gasteiger partial charge is 0.478 e. The predicted molar refractivity (Wildman–Crippen MR) is 240 cm³/mol. The summed E-state index contributed by atoms with van der Waals surface area (Å²) >= 11 is 0. The number of nitrogens with zero attached hydrogens (tertiary/aromatic N) is 4. The van der Waals surface area contributed by atoms with Crippen molar-refractivity contribution in [3.63, 3.8) is 0 Å². The molecule has 0 fully saturated rings. The number of carboxylic acids is 1. The molecule has 0 spiro atoms. The van der Waals surface area contributed by atoms with Crippen LogP contribution in [0, 0.1) is 27.7 Å². The van der Waals surface area contributed by atoms with Crippen molar-refractivity contribution in [3.05, 3.63) is 167 Å². The molecule has 3 N–H and O–H groups in total. The topological polar surface area (TPSA) is 139 Å². The second-order valence-corrected chi connectivity index (χ2v) is 15.7. The standard InChI is InChI=1S/C27H27N3O2.C23H19N3O2/c1-17-11-12-24(22(14-17)26(31)32-27(3,4)5)30-19-15-18(2)25(29-16-19)21-8-6-10-23-20(21)9-7-13-28-23;1-14-8-9-21(19(11-14)23(27)28)26-16-12-15(2)22(25-13-16)18-5-3-7-20-17(18)6-4-10-24-20/h6-16,30H,1-5H3;3-13,26H,1-2H3,(H,27,28). The van der Waals surface area contributed by atoms with Crippen molar-refractivity contribution in [1.29, 1.82) is 0 Å². The zero-order valence-electron chi connectivity index (χ0n) is 34.7. The summed E-state index contributed by atoms with van der Waals surface area (Å²) in [7, 11) is 0. The molecule has 0 atom stereocenters. The summed E-state index contributed by atoms with van der Waals surface area (Å²) in [4.78, 5) is 42.5. The number of benzene rings is 4. The lowest BCUT2D eigenvalue weighted by atomic mass is 10.0. The van der Waals surface area contributed by atoms with Crippen LogP contribution in [0.3, 0.4) is 0 Å². The van der Waals surface area contributed by atoms with Gasteiger partial charge in [0.05, 0.1) is 68.7 Å². The van der Waals surface area contributed by atoms with Crippen LogP contribution in [0.15, 0.2) is 134 Å². The van der Waals surface area contributed by atoms with E-state index in [0.717, 1.165) is 77.9 Å². The number of anilines is 4. The van der Waals surface area contributed by atoms with Gasteiger partial charge in [0.25, 0.3) is 0 Å². The Kier molecular flexibility index (Phi) is 11.7. The van der Waals surface area contributed by atoms with Crippen LogP contribution in [0.4, 0.5) is 22.7 Å². The monoisotopic (exact) mass is 794 g/mol. The molecule has 4 aromatic carbocycles. The Morgan fingerprint density at radius 3 is 1.48 bits per heavy atom. The van der Waals surface area contributed by atoms with Crippen LogP contribution in [0.1, 0.15) is 63.7 Å². The second-order valence-electron chi connectivity index (χ2n) is 15.7. The Morgan fingerprint density at radius 1 is 0.567 bits per heavy atom. The first-order valence-corrected chi connectivity index (χ1v) is 19.6. The van der Waals surface area contributed by atoms with Crippen LogP contribution in [-0.4, -0.2) is 42.6 Å². The van der Waals surface area contributed by atoms with Crippen molar-refractivity contribution < 1.29 is 19.4 Å². The van der Waals surface area contributed by atoms with Gasteiger partial charge in [-0.3, -0.25) is 19.9 Å². The van der Waals surface area contributed by atoms with Gasteiger partial charge in [-0.15, -0.1) is 0 Å². The van der Waals surface area contributed by atoms with Gasteiger partial charge in [0.2, 0.25) is 0 Å². The van der Waals surface area contributed by atoms with Crippen molar-refractivity contribution >= 4 is 56.5 Å². The number of ether oxygens (including phenoxy) is 1. The Labute approximate surface area is 349 Å². The third-order valence-electron chi connectivity index (χ3n) is 9.72. The number of hydrogen-bond donors (Lipinski definition) is 3. The highest BCUT2D eigenvalue weighted by atomic mass is 16.6. The molecular formula is C50H46N6O4. The maximum absolute atomic E-state index is 12.8. The number of nitrogens with one attached hydrogen (secondary N) is 2. The maximum Gasteiger partial charge on any atom is 0.340 e. The summed E-state index contributed by atoms with van der Waals surface area (Å²) in [5.41, 5.74) is 12.6. The minimum absolute atomic E-state index is 0.238. The minimum Gasteiger partial charge on any atom is -0.478 e. The molecule has 10 nitrogen and oxygen atoms in total. The van der Waals surface area contributed by atoms with E-state index in [9.17, 15) is 14.7 Å². The smallest absolute Gasteiger partial charge is 0.340 e. The Bertz CT molecular complexity index is 2890. The molecule has 4 heterocycles. The second kappa shape index (κ2) is 17.2. The molecule has 0 saturated carbocycles. The molecule has 0 amide bonds. The highest BCUT2D eigenvalue weighted by molar-refractivity contribution is 5.98. The van der Waals surface area contributed by atoms with Gasteiger partial charge in [0.15, 0.2) is 0 Å². The minimum atomic E-state index is -0.962. The molecule has 0 bridgehead atoms. The van der Waals surface area contributed by atoms with E-state index in [-0.39, 0.29) is 11.5 Å². The van der Waals surface area contributed by atoms with E-state index in [4.69, 9.17) is 9.72 Å². The number of carbonyl (C=O) groups is 2. The fourth-order valence-corrected chi connectivity index (χ4v) is 6.99. The van der Waals surface area contributed by atoms with Crippen LogP contribution in [-0.2, 0) is 4.74 Å². The summed E-state index contributed by atoms with van der Waals surface area (Å²) in [5.74, 6) is -1.32.